The van der Waals surface area contributed by atoms with Crippen LogP contribution < -0.4 is 5.73 Å². The maximum Gasteiger partial charge on any atom is 0.417 e. The topological polar surface area (TPSA) is 63.4 Å². The third-order valence-corrected chi connectivity index (χ3v) is 4.92. The van der Waals surface area contributed by atoms with Crippen LogP contribution in [0, 0.1) is 0 Å². The molecule has 0 bridgehead atoms. The van der Waals surface area contributed by atoms with Crippen LogP contribution in [0.2, 0.25) is 0 Å². The Balaban J connectivity index is 0.00000200. The Hall–Kier alpha value is -0.830. The second kappa shape index (κ2) is 5.88. The number of alkyl halides is 3. The normalized spacial score (nSPS) is 20.7. The van der Waals surface area contributed by atoms with Gasteiger partial charge in [-0.05, 0) is 18.6 Å². The van der Waals surface area contributed by atoms with Gasteiger partial charge in [-0.3, -0.25) is 0 Å². The van der Waals surface area contributed by atoms with Crippen molar-refractivity contribution in [2.45, 2.75) is 23.5 Å². The first-order valence-electron chi connectivity index (χ1n) is 5.65. The summed E-state index contributed by atoms with van der Waals surface area (Å²) in [4.78, 5) is -0.711. The largest absolute Gasteiger partial charge is 0.417 e. The molecule has 1 aliphatic heterocycles. The van der Waals surface area contributed by atoms with E-state index in [-0.39, 0.29) is 31.5 Å². The molecular weight excluding hydrogens is 317 g/mol. The van der Waals surface area contributed by atoms with E-state index >= 15 is 0 Å². The van der Waals surface area contributed by atoms with E-state index in [2.05, 4.69) is 0 Å². The van der Waals surface area contributed by atoms with Crippen LogP contribution in [0.3, 0.4) is 0 Å². The third kappa shape index (κ3) is 3.25. The first-order chi connectivity index (χ1) is 8.73. The monoisotopic (exact) mass is 330 g/mol. The Morgan fingerprint density at radius 2 is 1.85 bits per heavy atom. The first-order valence-corrected chi connectivity index (χ1v) is 7.09. The summed E-state index contributed by atoms with van der Waals surface area (Å²) in [6, 6.07) is 3.86. The molecule has 1 fully saturated rings. The zero-order chi connectivity index (χ0) is 14.3. The SMILES string of the molecule is Cl.N[C@@H]1CCN(S(=O)(=O)c2ccccc2C(F)(F)F)C1. The van der Waals surface area contributed by atoms with Gasteiger partial charge >= 0.3 is 6.18 Å². The lowest BCUT2D eigenvalue weighted by Gasteiger charge is -2.19. The lowest BCUT2D eigenvalue weighted by molar-refractivity contribution is -0.139. The molecule has 0 amide bonds. The molecule has 4 nitrogen and oxygen atoms in total. The predicted octanol–water partition coefficient (Wildman–Crippen LogP) is 1.85. The van der Waals surface area contributed by atoms with E-state index in [9.17, 15) is 21.6 Å². The van der Waals surface area contributed by atoms with Crippen molar-refractivity contribution in [3.05, 3.63) is 29.8 Å². The van der Waals surface area contributed by atoms with Crippen LogP contribution in [0.15, 0.2) is 29.2 Å². The van der Waals surface area contributed by atoms with E-state index in [4.69, 9.17) is 5.73 Å². The second-order valence-electron chi connectivity index (χ2n) is 4.41. The molecule has 1 aliphatic rings. The molecule has 1 aromatic carbocycles. The molecule has 1 saturated heterocycles. The minimum absolute atomic E-state index is 0. The average molecular weight is 331 g/mol. The van der Waals surface area contributed by atoms with Crippen LogP contribution >= 0.6 is 12.4 Å². The summed E-state index contributed by atoms with van der Waals surface area (Å²) >= 11 is 0. The number of benzene rings is 1. The zero-order valence-corrected chi connectivity index (χ0v) is 11.9. The molecule has 0 spiro atoms. The van der Waals surface area contributed by atoms with Crippen molar-refractivity contribution in [3.63, 3.8) is 0 Å². The van der Waals surface area contributed by atoms with Gasteiger partial charge in [-0.25, -0.2) is 8.42 Å². The highest BCUT2D eigenvalue weighted by atomic mass is 35.5. The number of hydrogen-bond acceptors (Lipinski definition) is 3. The van der Waals surface area contributed by atoms with Gasteiger partial charge in [0.15, 0.2) is 0 Å². The maximum absolute atomic E-state index is 12.8. The first kappa shape index (κ1) is 17.2. The van der Waals surface area contributed by atoms with Gasteiger partial charge in [-0.15, -0.1) is 12.4 Å². The van der Waals surface area contributed by atoms with Gasteiger partial charge in [-0.2, -0.15) is 17.5 Å². The van der Waals surface area contributed by atoms with Crippen molar-refractivity contribution in [1.82, 2.24) is 4.31 Å². The number of sulfonamides is 1. The van der Waals surface area contributed by atoms with Gasteiger partial charge < -0.3 is 5.73 Å². The molecule has 0 aliphatic carbocycles. The highest BCUT2D eigenvalue weighted by Gasteiger charge is 2.40. The summed E-state index contributed by atoms with van der Waals surface area (Å²) in [5.74, 6) is 0. The van der Waals surface area contributed by atoms with Crippen molar-refractivity contribution in [3.8, 4) is 0 Å². The Morgan fingerprint density at radius 1 is 1.25 bits per heavy atom. The molecule has 1 atom stereocenters. The van der Waals surface area contributed by atoms with Crippen molar-refractivity contribution in [2.24, 2.45) is 5.73 Å². The van der Waals surface area contributed by atoms with Gasteiger partial charge in [0.1, 0.15) is 0 Å². The fourth-order valence-corrected chi connectivity index (χ4v) is 3.76. The average Bonchev–Trinajstić information content (AvgIpc) is 2.75. The van der Waals surface area contributed by atoms with Gasteiger partial charge in [-0.1, -0.05) is 12.1 Å². The van der Waals surface area contributed by atoms with Crippen LogP contribution in [0.1, 0.15) is 12.0 Å². The lowest BCUT2D eigenvalue weighted by atomic mass is 10.2. The van der Waals surface area contributed by atoms with E-state index in [0.717, 1.165) is 22.5 Å². The molecule has 1 aromatic rings. The van der Waals surface area contributed by atoms with Gasteiger partial charge in [0.2, 0.25) is 10.0 Å². The summed E-state index contributed by atoms with van der Waals surface area (Å²) in [5.41, 5.74) is 4.45. The van der Waals surface area contributed by atoms with Crippen molar-refractivity contribution in [2.75, 3.05) is 13.1 Å². The highest BCUT2D eigenvalue weighted by molar-refractivity contribution is 7.89. The van der Waals surface area contributed by atoms with E-state index in [1.807, 2.05) is 0 Å². The fourth-order valence-electron chi connectivity index (χ4n) is 2.04. The fraction of sp³-hybridized carbons (Fsp3) is 0.455. The van der Waals surface area contributed by atoms with Crippen LogP contribution in [0.5, 0.6) is 0 Å². The van der Waals surface area contributed by atoms with Crippen molar-refractivity contribution < 1.29 is 21.6 Å². The van der Waals surface area contributed by atoms with Crippen LogP contribution in [0.4, 0.5) is 13.2 Å². The van der Waals surface area contributed by atoms with Crippen LogP contribution in [-0.2, 0) is 16.2 Å². The predicted molar refractivity (Wildman–Crippen MR) is 70.0 cm³/mol. The van der Waals surface area contributed by atoms with E-state index in [1.165, 1.54) is 6.07 Å². The highest BCUT2D eigenvalue weighted by Crippen LogP contribution is 2.35. The summed E-state index contributed by atoms with van der Waals surface area (Å²) in [6.07, 6.45) is -4.25. The Morgan fingerprint density at radius 3 is 2.35 bits per heavy atom. The van der Waals surface area contributed by atoms with Gasteiger partial charge in [0.05, 0.1) is 10.5 Å². The summed E-state index contributed by atoms with van der Waals surface area (Å²) in [7, 11) is -4.15. The van der Waals surface area contributed by atoms with Gasteiger partial charge in [0, 0.05) is 19.1 Å². The molecule has 114 valence electrons. The smallest absolute Gasteiger partial charge is 0.326 e. The van der Waals surface area contributed by atoms with Crippen molar-refractivity contribution in [1.29, 1.82) is 0 Å². The molecule has 0 radical (unpaired) electrons. The molecule has 0 aromatic heterocycles. The third-order valence-electron chi connectivity index (χ3n) is 3.00. The molecular formula is C11H14ClF3N2O2S. The molecule has 0 unspecified atom stereocenters. The summed E-state index contributed by atoms with van der Waals surface area (Å²) in [6.45, 7) is 0.199. The lowest BCUT2D eigenvalue weighted by Crippen LogP contribution is -2.33. The Kier molecular flexibility index (Phi) is 5.07. The second-order valence-corrected chi connectivity index (χ2v) is 6.31. The number of nitrogens with two attached hydrogens (primary N) is 1. The zero-order valence-electron chi connectivity index (χ0n) is 10.3. The quantitative estimate of drug-likeness (QED) is 0.900. The molecule has 20 heavy (non-hydrogen) atoms. The minimum atomic E-state index is -4.70. The Labute approximate surface area is 121 Å². The number of rotatable bonds is 2. The molecule has 0 saturated carbocycles. The molecule has 2 rings (SSSR count). The maximum atomic E-state index is 12.8. The molecule has 2 N–H and O–H groups in total. The van der Waals surface area contributed by atoms with E-state index in [0.29, 0.717) is 6.42 Å². The molecule has 9 heteroatoms. The standard InChI is InChI=1S/C11H13F3N2O2S.ClH/c12-11(13,14)9-3-1-2-4-10(9)19(17,18)16-6-5-8(15)7-16;/h1-4,8H,5-7,15H2;1H/t8-;/m1./s1. The number of halogens is 4. The minimum Gasteiger partial charge on any atom is -0.326 e. The molecule has 1 heterocycles. The summed E-state index contributed by atoms with van der Waals surface area (Å²) in [5, 5.41) is 0. The number of hydrogen-bond donors (Lipinski definition) is 1. The Bertz CT molecular complexity index is 577. The van der Waals surface area contributed by atoms with E-state index < -0.39 is 26.7 Å². The van der Waals surface area contributed by atoms with Crippen LogP contribution in [-0.4, -0.2) is 31.9 Å². The van der Waals surface area contributed by atoms with Crippen LogP contribution in [0.25, 0.3) is 0 Å². The van der Waals surface area contributed by atoms with Crippen molar-refractivity contribution >= 4 is 22.4 Å². The van der Waals surface area contributed by atoms with E-state index in [1.54, 1.807) is 0 Å². The number of nitrogens with zero attached hydrogens (tertiary/aromatic N) is 1. The van der Waals surface area contributed by atoms with Gasteiger partial charge in [0.25, 0.3) is 0 Å². The summed E-state index contributed by atoms with van der Waals surface area (Å²) < 4.78 is 63.9.